The molecule has 1 heterocycles. The molecule has 0 bridgehead atoms. The topological polar surface area (TPSA) is 41.1 Å². The second kappa shape index (κ2) is 8.29. The molecule has 1 aromatic rings. The summed E-state index contributed by atoms with van der Waals surface area (Å²) >= 11 is 3.49. The number of benzene rings is 1. The molecule has 1 amide bonds. The lowest BCUT2D eigenvalue weighted by Gasteiger charge is -2.35. The summed E-state index contributed by atoms with van der Waals surface area (Å²) in [6.45, 7) is 2.21. The van der Waals surface area contributed by atoms with Crippen molar-refractivity contribution in [2.75, 3.05) is 13.1 Å². The Morgan fingerprint density at radius 3 is 2.48 bits per heavy atom. The Morgan fingerprint density at radius 2 is 1.87 bits per heavy atom. The van der Waals surface area contributed by atoms with Crippen molar-refractivity contribution in [3.8, 4) is 0 Å². The fourth-order valence-corrected chi connectivity index (χ4v) is 3.93. The minimum atomic E-state index is 0.192. The molecule has 0 spiro atoms. The second-order valence-corrected chi connectivity index (χ2v) is 7.94. The fraction of sp³-hybridized carbons (Fsp3) is 0.632. The fourth-order valence-electron chi connectivity index (χ4n) is 3.67. The summed E-state index contributed by atoms with van der Waals surface area (Å²) in [5, 5.41) is 6.71. The van der Waals surface area contributed by atoms with Gasteiger partial charge in [0.05, 0.1) is 6.04 Å². The van der Waals surface area contributed by atoms with E-state index in [1.807, 2.05) is 0 Å². The molecule has 1 unspecified atom stereocenters. The maximum absolute atomic E-state index is 12.4. The molecule has 1 aliphatic carbocycles. The van der Waals surface area contributed by atoms with Gasteiger partial charge >= 0.3 is 0 Å². The third-order valence-electron chi connectivity index (χ3n) is 5.41. The van der Waals surface area contributed by atoms with Crippen LogP contribution in [0.5, 0.6) is 0 Å². The number of carbonyl (C=O) groups is 1. The van der Waals surface area contributed by atoms with E-state index >= 15 is 0 Å². The van der Waals surface area contributed by atoms with Crippen LogP contribution in [0.4, 0.5) is 0 Å². The number of hydrogen-bond donors (Lipinski definition) is 2. The highest BCUT2D eigenvalue weighted by Gasteiger charge is 2.29. The van der Waals surface area contributed by atoms with Gasteiger partial charge in [-0.15, -0.1) is 0 Å². The Balaban J connectivity index is 1.55. The van der Waals surface area contributed by atoms with Crippen LogP contribution in [0.3, 0.4) is 0 Å². The van der Waals surface area contributed by atoms with Gasteiger partial charge in [-0.1, -0.05) is 34.5 Å². The lowest BCUT2D eigenvalue weighted by molar-refractivity contribution is -0.122. The van der Waals surface area contributed by atoms with Crippen molar-refractivity contribution >= 4 is 21.8 Å². The van der Waals surface area contributed by atoms with Crippen LogP contribution in [0.1, 0.15) is 56.6 Å². The minimum absolute atomic E-state index is 0.192. The maximum atomic E-state index is 12.4. The number of carbonyl (C=O) groups excluding carboxylic acids is 1. The van der Waals surface area contributed by atoms with E-state index < -0.39 is 0 Å². The largest absolute Gasteiger partial charge is 0.349 e. The highest BCUT2D eigenvalue weighted by molar-refractivity contribution is 9.10. The van der Waals surface area contributed by atoms with Gasteiger partial charge in [-0.3, -0.25) is 4.79 Å². The van der Waals surface area contributed by atoms with Crippen LogP contribution in [0, 0.1) is 11.8 Å². The van der Waals surface area contributed by atoms with Crippen LogP contribution < -0.4 is 10.6 Å². The Morgan fingerprint density at radius 1 is 1.17 bits per heavy atom. The molecule has 2 fully saturated rings. The molecule has 1 saturated carbocycles. The molecular weight excluding hydrogens is 352 g/mol. The average molecular weight is 379 g/mol. The first-order valence-electron chi connectivity index (χ1n) is 8.98. The van der Waals surface area contributed by atoms with Crippen LogP contribution in [0.2, 0.25) is 0 Å². The predicted molar refractivity (Wildman–Crippen MR) is 97.2 cm³/mol. The monoisotopic (exact) mass is 378 g/mol. The molecule has 2 N–H and O–H groups in total. The molecule has 1 saturated heterocycles. The highest BCUT2D eigenvalue weighted by Crippen LogP contribution is 2.38. The number of halogens is 1. The quantitative estimate of drug-likeness (QED) is 0.778. The van der Waals surface area contributed by atoms with E-state index in [0.29, 0.717) is 12.3 Å². The first-order chi connectivity index (χ1) is 11.2. The first kappa shape index (κ1) is 17.0. The van der Waals surface area contributed by atoms with Gasteiger partial charge in [-0.05, 0) is 74.7 Å². The van der Waals surface area contributed by atoms with Crippen LogP contribution in [-0.4, -0.2) is 19.0 Å². The van der Waals surface area contributed by atoms with Crippen molar-refractivity contribution < 1.29 is 4.79 Å². The summed E-state index contributed by atoms with van der Waals surface area (Å²) in [6.07, 6.45) is 7.89. The lowest BCUT2D eigenvalue weighted by atomic mass is 9.77. The summed E-state index contributed by atoms with van der Waals surface area (Å²) in [7, 11) is 0. The van der Waals surface area contributed by atoms with Crippen molar-refractivity contribution in [1.82, 2.24) is 10.6 Å². The van der Waals surface area contributed by atoms with Crippen LogP contribution >= 0.6 is 15.9 Å². The Hall–Kier alpha value is -0.870. The van der Waals surface area contributed by atoms with E-state index in [4.69, 9.17) is 0 Å². The molecule has 3 rings (SSSR count). The van der Waals surface area contributed by atoms with Crippen molar-refractivity contribution in [2.24, 2.45) is 11.8 Å². The average Bonchev–Trinajstić information content (AvgIpc) is 2.52. The molecule has 4 heteroatoms. The zero-order valence-electron chi connectivity index (χ0n) is 13.7. The van der Waals surface area contributed by atoms with E-state index in [2.05, 4.69) is 50.8 Å². The Bertz CT molecular complexity index is 507. The highest BCUT2D eigenvalue weighted by atomic mass is 79.9. The summed E-state index contributed by atoms with van der Waals surface area (Å²) in [5.41, 5.74) is 1.24. The summed E-state index contributed by atoms with van der Waals surface area (Å²) in [4.78, 5) is 12.4. The van der Waals surface area contributed by atoms with Gasteiger partial charge in [0, 0.05) is 10.9 Å². The third-order valence-corrected chi connectivity index (χ3v) is 5.93. The Labute approximate surface area is 147 Å². The van der Waals surface area contributed by atoms with Gasteiger partial charge in [-0.2, -0.15) is 0 Å². The molecule has 126 valence electrons. The lowest BCUT2D eigenvalue weighted by Crippen LogP contribution is -2.36. The van der Waals surface area contributed by atoms with E-state index in [1.54, 1.807) is 0 Å². The predicted octanol–water partition coefficient (Wildman–Crippen LogP) is 4.19. The molecule has 2 aliphatic rings. The van der Waals surface area contributed by atoms with Gasteiger partial charge in [0.25, 0.3) is 0 Å². The zero-order valence-corrected chi connectivity index (χ0v) is 15.3. The van der Waals surface area contributed by atoms with E-state index in [9.17, 15) is 4.79 Å². The molecule has 1 aliphatic heterocycles. The number of nitrogens with one attached hydrogen (secondary N) is 2. The maximum Gasteiger partial charge on any atom is 0.220 e. The second-order valence-electron chi connectivity index (χ2n) is 7.02. The molecule has 3 nitrogen and oxygen atoms in total. The van der Waals surface area contributed by atoms with Gasteiger partial charge < -0.3 is 10.6 Å². The van der Waals surface area contributed by atoms with Gasteiger partial charge in [-0.25, -0.2) is 0 Å². The summed E-state index contributed by atoms with van der Waals surface area (Å²) in [6, 6.07) is 8.61. The molecular formula is C19H27BrN2O. The first-order valence-corrected chi connectivity index (χ1v) is 9.77. The van der Waals surface area contributed by atoms with Gasteiger partial charge in [0.15, 0.2) is 0 Å². The number of hydrogen-bond acceptors (Lipinski definition) is 2. The zero-order chi connectivity index (χ0) is 16.1. The van der Waals surface area contributed by atoms with E-state index in [-0.39, 0.29) is 11.9 Å². The summed E-state index contributed by atoms with van der Waals surface area (Å²) < 4.78 is 1.09. The number of piperidine rings is 1. The standard InChI is InChI=1S/C19H27BrN2O/c20-17-7-5-16(6-8-17)19(15-2-1-3-15)22-18(23)9-4-14-10-12-21-13-11-14/h5-8,14-15,19,21H,1-4,9-13H2,(H,22,23). The molecule has 0 radical (unpaired) electrons. The van der Waals surface area contributed by atoms with Gasteiger partial charge in [0.2, 0.25) is 5.91 Å². The Kier molecular flexibility index (Phi) is 6.12. The van der Waals surface area contributed by atoms with Crippen LogP contribution in [-0.2, 0) is 4.79 Å². The third kappa shape index (κ3) is 4.80. The van der Waals surface area contributed by atoms with Crippen molar-refractivity contribution in [1.29, 1.82) is 0 Å². The van der Waals surface area contributed by atoms with E-state index in [0.717, 1.165) is 29.9 Å². The molecule has 1 aromatic carbocycles. The number of amides is 1. The number of rotatable bonds is 6. The summed E-state index contributed by atoms with van der Waals surface area (Å²) in [5.74, 6) is 1.55. The minimum Gasteiger partial charge on any atom is -0.349 e. The molecule has 0 aromatic heterocycles. The SMILES string of the molecule is O=C(CCC1CCNCC1)NC(c1ccc(Br)cc1)C1CCC1. The normalized spacial score (nSPS) is 20.7. The van der Waals surface area contributed by atoms with Gasteiger partial charge in [0.1, 0.15) is 0 Å². The molecule has 1 atom stereocenters. The van der Waals surface area contributed by atoms with Crippen LogP contribution in [0.25, 0.3) is 0 Å². The van der Waals surface area contributed by atoms with Crippen molar-refractivity contribution in [3.63, 3.8) is 0 Å². The van der Waals surface area contributed by atoms with Crippen molar-refractivity contribution in [2.45, 2.75) is 51.0 Å². The van der Waals surface area contributed by atoms with Crippen LogP contribution in [0.15, 0.2) is 28.7 Å². The smallest absolute Gasteiger partial charge is 0.220 e. The van der Waals surface area contributed by atoms with Crippen molar-refractivity contribution in [3.05, 3.63) is 34.3 Å². The van der Waals surface area contributed by atoms with E-state index in [1.165, 1.54) is 37.7 Å². The molecule has 23 heavy (non-hydrogen) atoms.